The van der Waals surface area contributed by atoms with Crippen molar-refractivity contribution in [3.05, 3.63) is 10.8 Å². The lowest BCUT2D eigenvalue weighted by molar-refractivity contribution is 0.521. The molecular formula is C10H19N3S. The molecule has 0 saturated carbocycles. The molecule has 1 rings (SSSR count). The van der Waals surface area contributed by atoms with Gasteiger partial charge in [0.25, 0.3) is 0 Å². The lowest BCUT2D eigenvalue weighted by Crippen LogP contribution is -2.27. The Labute approximate surface area is 90.1 Å². The van der Waals surface area contributed by atoms with Crippen molar-refractivity contribution in [2.24, 2.45) is 0 Å². The molecule has 0 radical (unpaired) electrons. The van der Waals surface area contributed by atoms with E-state index in [1.54, 1.807) is 0 Å². The zero-order chi connectivity index (χ0) is 10.7. The number of likely N-dealkylation sites (N-methyl/N-ethyl adjacent to an activating group) is 1. The molecule has 1 N–H and O–H groups in total. The molecule has 0 amide bonds. The van der Waals surface area contributed by atoms with Crippen LogP contribution in [0.15, 0.2) is 0 Å². The quantitative estimate of drug-likeness (QED) is 0.834. The summed E-state index contributed by atoms with van der Waals surface area (Å²) in [4.78, 5) is 4.55. The maximum absolute atomic E-state index is 4.55. The van der Waals surface area contributed by atoms with E-state index in [0.29, 0.717) is 17.9 Å². The van der Waals surface area contributed by atoms with Crippen LogP contribution in [0.4, 0.5) is 0 Å². The zero-order valence-corrected chi connectivity index (χ0v) is 10.4. The molecule has 1 aromatic rings. The Kier molecular flexibility index (Phi) is 4.01. The molecule has 2 atom stereocenters. The molecule has 0 fully saturated rings. The second-order valence-electron chi connectivity index (χ2n) is 4.01. The average Bonchev–Trinajstić information content (AvgIpc) is 2.64. The Morgan fingerprint density at radius 1 is 1.21 bits per heavy atom. The van der Waals surface area contributed by atoms with E-state index in [-0.39, 0.29) is 0 Å². The van der Waals surface area contributed by atoms with E-state index in [4.69, 9.17) is 0 Å². The summed E-state index contributed by atoms with van der Waals surface area (Å²) in [5, 5.41) is 4.38. The highest BCUT2D eigenvalue weighted by molar-refractivity contribution is 7.05. The van der Waals surface area contributed by atoms with Crippen LogP contribution in [-0.2, 0) is 0 Å². The largest absolute Gasteiger partial charge is 0.317 e. The Morgan fingerprint density at radius 3 is 2.29 bits per heavy atom. The van der Waals surface area contributed by atoms with Gasteiger partial charge in [0.05, 0.1) is 0 Å². The fourth-order valence-electron chi connectivity index (χ4n) is 1.13. The number of rotatable bonds is 4. The summed E-state index contributed by atoms with van der Waals surface area (Å²) in [6.07, 6.45) is 0. The molecule has 3 nitrogen and oxygen atoms in total. The summed E-state index contributed by atoms with van der Waals surface area (Å²) in [5.41, 5.74) is 0. The average molecular weight is 213 g/mol. The molecule has 1 heterocycles. The molecule has 0 aromatic carbocycles. The van der Waals surface area contributed by atoms with E-state index in [1.165, 1.54) is 11.5 Å². The third kappa shape index (κ3) is 2.51. The predicted octanol–water partition coefficient (Wildman–Crippen LogP) is 2.37. The Bertz CT molecular complexity index is 283. The van der Waals surface area contributed by atoms with Crippen molar-refractivity contribution in [1.29, 1.82) is 0 Å². The van der Waals surface area contributed by atoms with Gasteiger partial charge in [-0.3, -0.25) is 0 Å². The Hall–Kier alpha value is -0.480. The smallest absolute Gasteiger partial charge is 0.145 e. The summed E-state index contributed by atoms with van der Waals surface area (Å²) < 4.78 is 4.36. The van der Waals surface area contributed by atoms with Crippen molar-refractivity contribution < 1.29 is 0 Å². The van der Waals surface area contributed by atoms with Crippen LogP contribution in [0.25, 0.3) is 0 Å². The normalized spacial score (nSPS) is 15.9. The second kappa shape index (κ2) is 4.84. The monoisotopic (exact) mass is 213 g/mol. The Morgan fingerprint density at radius 2 is 1.86 bits per heavy atom. The van der Waals surface area contributed by atoms with Gasteiger partial charge in [-0.25, -0.2) is 4.98 Å². The highest BCUT2D eigenvalue weighted by Gasteiger charge is 2.17. The highest BCUT2D eigenvalue weighted by atomic mass is 32.1. The molecule has 80 valence electrons. The van der Waals surface area contributed by atoms with Crippen LogP contribution in [-0.4, -0.2) is 22.4 Å². The van der Waals surface area contributed by atoms with Crippen molar-refractivity contribution in [2.45, 2.75) is 45.6 Å². The second-order valence-corrected chi connectivity index (χ2v) is 4.79. The van der Waals surface area contributed by atoms with Crippen molar-refractivity contribution in [3.8, 4) is 0 Å². The van der Waals surface area contributed by atoms with E-state index in [9.17, 15) is 0 Å². The number of nitrogens with one attached hydrogen (secondary N) is 1. The first kappa shape index (κ1) is 11.6. The standard InChI is InChI=1S/C10H19N3S/c1-6(2)9-12-10(14-13-9)7(3)8(4)11-5/h6-8,11H,1-5H3. The molecule has 14 heavy (non-hydrogen) atoms. The molecule has 0 bridgehead atoms. The SMILES string of the molecule is CNC(C)C(C)c1nc(C(C)C)ns1. The van der Waals surface area contributed by atoms with Gasteiger partial charge in [0.2, 0.25) is 0 Å². The van der Waals surface area contributed by atoms with Gasteiger partial charge >= 0.3 is 0 Å². The van der Waals surface area contributed by atoms with Crippen LogP contribution in [0.2, 0.25) is 0 Å². The maximum atomic E-state index is 4.55. The van der Waals surface area contributed by atoms with Gasteiger partial charge in [0, 0.05) is 17.9 Å². The van der Waals surface area contributed by atoms with E-state index in [0.717, 1.165) is 10.8 Å². The minimum atomic E-state index is 0.428. The Balaban J connectivity index is 2.76. The van der Waals surface area contributed by atoms with Crippen molar-refractivity contribution in [3.63, 3.8) is 0 Å². The van der Waals surface area contributed by atoms with Crippen LogP contribution in [0.3, 0.4) is 0 Å². The van der Waals surface area contributed by atoms with Gasteiger partial charge in [-0.05, 0) is 25.5 Å². The van der Waals surface area contributed by atoms with Crippen LogP contribution in [0.5, 0.6) is 0 Å². The summed E-state index contributed by atoms with van der Waals surface area (Å²) in [6.45, 7) is 8.60. The zero-order valence-electron chi connectivity index (χ0n) is 9.53. The number of hydrogen-bond acceptors (Lipinski definition) is 4. The molecule has 0 aliphatic carbocycles. The summed E-state index contributed by atoms with van der Waals surface area (Å²) in [5.74, 6) is 1.84. The summed E-state index contributed by atoms with van der Waals surface area (Å²) in [6, 6.07) is 0.447. The molecule has 0 aliphatic rings. The molecule has 4 heteroatoms. The first-order valence-electron chi connectivity index (χ1n) is 5.07. The number of hydrogen-bond donors (Lipinski definition) is 1. The van der Waals surface area contributed by atoms with Crippen LogP contribution >= 0.6 is 11.5 Å². The third-order valence-electron chi connectivity index (χ3n) is 2.57. The number of nitrogens with zero attached hydrogens (tertiary/aromatic N) is 2. The third-order valence-corrected chi connectivity index (χ3v) is 3.50. The summed E-state index contributed by atoms with van der Waals surface area (Å²) >= 11 is 1.53. The minimum Gasteiger partial charge on any atom is -0.317 e. The molecule has 1 aromatic heterocycles. The minimum absolute atomic E-state index is 0.428. The molecule has 0 spiro atoms. The van der Waals surface area contributed by atoms with Crippen molar-refractivity contribution >= 4 is 11.5 Å². The first-order valence-corrected chi connectivity index (χ1v) is 5.84. The molecular weight excluding hydrogens is 194 g/mol. The van der Waals surface area contributed by atoms with E-state index in [2.05, 4.69) is 42.4 Å². The van der Waals surface area contributed by atoms with Gasteiger partial charge in [-0.1, -0.05) is 20.8 Å². The van der Waals surface area contributed by atoms with Gasteiger partial charge in [-0.2, -0.15) is 4.37 Å². The molecule has 0 aliphatic heterocycles. The summed E-state index contributed by atoms with van der Waals surface area (Å²) in [7, 11) is 1.98. The fourth-order valence-corrected chi connectivity index (χ4v) is 2.07. The van der Waals surface area contributed by atoms with E-state index < -0.39 is 0 Å². The van der Waals surface area contributed by atoms with Crippen LogP contribution in [0.1, 0.15) is 50.4 Å². The lowest BCUT2D eigenvalue weighted by atomic mass is 10.1. The van der Waals surface area contributed by atoms with Gasteiger partial charge < -0.3 is 5.32 Å². The molecule has 0 saturated heterocycles. The van der Waals surface area contributed by atoms with Gasteiger partial charge in [-0.15, -0.1) is 0 Å². The van der Waals surface area contributed by atoms with E-state index in [1.807, 2.05) is 7.05 Å². The predicted molar refractivity (Wildman–Crippen MR) is 60.9 cm³/mol. The maximum Gasteiger partial charge on any atom is 0.145 e. The topological polar surface area (TPSA) is 37.8 Å². The molecule has 2 unspecified atom stereocenters. The number of aromatic nitrogens is 2. The van der Waals surface area contributed by atoms with Crippen molar-refractivity contribution in [2.75, 3.05) is 7.05 Å². The first-order chi connectivity index (χ1) is 6.56. The van der Waals surface area contributed by atoms with Gasteiger partial charge in [0.15, 0.2) is 0 Å². The van der Waals surface area contributed by atoms with Crippen molar-refractivity contribution in [1.82, 2.24) is 14.7 Å². The fraction of sp³-hybridized carbons (Fsp3) is 0.800. The van der Waals surface area contributed by atoms with E-state index >= 15 is 0 Å². The van der Waals surface area contributed by atoms with Crippen LogP contribution in [0, 0.1) is 0 Å². The lowest BCUT2D eigenvalue weighted by Gasteiger charge is -2.15. The van der Waals surface area contributed by atoms with Gasteiger partial charge in [0.1, 0.15) is 10.8 Å². The van der Waals surface area contributed by atoms with Crippen LogP contribution < -0.4 is 5.32 Å². The highest BCUT2D eigenvalue weighted by Crippen LogP contribution is 2.23.